The summed E-state index contributed by atoms with van der Waals surface area (Å²) >= 11 is 5.90. The third-order valence-corrected chi connectivity index (χ3v) is 2.06. The van der Waals surface area contributed by atoms with Gasteiger partial charge in [0.05, 0.1) is 11.6 Å². The minimum absolute atomic E-state index is 0.134. The van der Waals surface area contributed by atoms with Crippen molar-refractivity contribution < 1.29 is 9.53 Å². The quantitative estimate of drug-likeness (QED) is 0.767. The molecule has 0 saturated heterocycles. The van der Waals surface area contributed by atoms with Crippen molar-refractivity contribution in [2.75, 3.05) is 6.61 Å². The van der Waals surface area contributed by atoms with E-state index in [1.165, 1.54) is 0 Å². The average Bonchev–Trinajstić information content (AvgIpc) is 2.10. The molecule has 0 aromatic heterocycles. The summed E-state index contributed by atoms with van der Waals surface area (Å²) in [4.78, 5) is 10.9. The Morgan fingerprint density at radius 3 is 2.79 bits per heavy atom. The van der Waals surface area contributed by atoms with E-state index < -0.39 is 0 Å². The average molecular weight is 213 g/mol. The Morgan fingerprint density at radius 1 is 1.50 bits per heavy atom. The highest BCUT2D eigenvalue weighted by molar-refractivity contribution is 6.32. The summed E-state index contributed by atoms with van der Waals surface area (Å²) in [6, 6.07) is 5.41. The second-order valence-corrected chi connectivity index (χ2v) is 3.48. The van der Waals surface area contributed by atoms with Crippen LogP contribution in [0.4, 0.5) is 0 Å². The summed E-state index contributed by atoms with van der Waals surface area (Å²) in [5.41, 5.74) is 0.936. The maximum absolute atomic E-state index is 10.9. The first kappa shape index (κ1) is 11.1. The molecular formula is C11H13ClO2. The second kappa shape index (κ2) is 5.01. The zero-order valence-corrected chi connectivity index (χ0v) is 9.10. The number of Topliss-reactive ketones (excluding diaryl/α,β-unsaturated/α-hetero) is 1. The van der Waals surface area contributed by atoms with Gasteiger partial charge in [0.1, 0.15) is 11.5 Å². The Morgan fingerprint density at radius 2 is 2.21 bits per heavy atom. The molecule has 0 bridgehead atoms. The molecule has 0 radical (unpaired) electrons. The van der Waals surface area contributed by atoms with Gasteiger partial charge in [-0.1, -0.05) is 17.7 Å². The van der Waals surface area contributed by atoms with Crippen molar-refractivity contribution in [3.63, 3.8) is 0 Å². The molecule has 1 aromatic carbocycles. The molecule has 1 rings (SSSR count). The van der Waals surface area contributed by atoms with E-state index >= 15 is 0 Å². The van der Waals surface area contributed by atoms with Crippen LogP contribution >= 0.6 is 11.6 Å². The van der Waals surface area contributed by atoms with Gasteiger partial charge in [-0.05, 0) is 31.5 Å². The van der Waals surface area contributed by atoms with Gasteiger partial charge in [0.25, 0.3) is 0 Å². The number of rotatable bonds is 4. The molecule has 14 heavy (non-hydrogen) atoms. The van der Waals surface area contributed by atoms with Crippen molar-refractivity contribution in [1.29, 1.82) is 0 Å². The van der Waals surface area contributed by atoms with Crippen molar-refractivity contribution in [3.05, 3.63) is 28.8 Å². The first-order valence-electron chi connectivity index (χ1n) is 4.54. The molecule has 0 aliphatic heterocycles. The van der Waals surface area contributed by atoms with Crippen molar-refractivity contribution in [1.82, 2.24) is 0 Å². The Hall–Kier alpha value is -1.02. The van der Waals surface area contributed by atoms with Crippen LogP contribution in [0.5, 0.6) is 5.75 Å². The molecule has 1 aromatic rings. The minimum atomic E-state index is 0.134. The van der Waals surface area contributed by atoms with Gasteiger partial charge in [0, 0.05) is 6.42 Å². The van der Waals surface area contributed by atoms with E-state index in [9.17, 15) is 4.79 Å². The lowest BCUT2D eigenvalue weighted by molar-refractivity contribution is -0.116. The third-order valence-electron chi connectivity index (χ3n) is 1.75. The molecular weight excluding hydrogens is 200 g/mol. The van der Waals surface area contributed by atoms with Gasteiger partial charge in [0.15, 0.2) is 0 Å². The maximum Gasteiger partial charge on any atom is 0.138 e. The maximum atomic E-state index is 10.9. The molecule has 0 fully saturated rings. The predicted molar refractivity (Wildman–Crippen MR) is 57.0 cm³/mol. The molecule has 0 saturated carbocycles. The van der Waals surface area contributed by atoms with E-state index in [1.807, 2.05) is 19.1 Å². The molecule has 76 valence electrons. The summed E-state index contributed by atoms with van der Waals surface area (Å²) in [6.07, 6.45) is 0.428. The number of ketones is 1. The van der Waals surface area contributed by atoms with Crippen molar-refractivity contribution in [2.24, 2.45) is 0 Å². The number of benzene rings is 1. The van der Waals surface area contributed by atoms with Crippen LogP contribution in [0.1, 0.15) is 19.4 Å². The number of carbonyl (C=O) groups is 1. The van der Waals surface area contributed by atoms with Crippen LogP contribution in [-0.4, -0.2) is 12.4 Å². The largest absolute Gasteiger partial charge is 0.492 e. The first-order valence-corrected chi connectivity index (χ1v) is 4.92. The van der Waals surface area contributed by atoms with E-state index in [0.717, 1.165) is 5.56 Å². The van der Waals surface area contributed by atoms with Gasteiger partial charge in [-0.15, -0.1) is 0 Å². The Kier molecular flexibility index (Phi) is 3.96. The predicted octanol–water partition coefficient (Wildman–Crippen LogP) is 2.87. The fourth-order valence-corrected chi connectivity index (χ4v) is 1.38. The smallest absolute Gasteiger partial charge is 0.138 e. The molecule has 0 N–H and O–H groups in total. The number of ether oxygens (including phenoxy) is 1. The normalized spacial score (nSPS) is 9.93. The number of halogens is 1. The highest BCUT2D eigenvalue weighted by Gasteiger charge is 2.04. The lowest BCUT2D eigenvalue weighted by Gasteiger charge is -2.07. The molecule has 3 heteroatoms. The fourth-order valence-electron chi connectivity index (χ4n) is 1.21. The molecule has 0 aliphatic rings. The van der Waals surface area contributed by atoms with E-state index in [2.05, 4.69) is 0 Å². The van der Waals surface area contributed by atoms with Crippen LogP contribution in [0, 0.1) is 0 Å². The summed E-state index contributed by atoms with van der Waals surface area (Å²) < 4.78 is 5.32. The van der Waals surface area contributed by atoms with E-state index in [0.29, 0.717) is 23.8 Å². The molecule has 0 unspecified atom stereocenters. The first-order chi connectivity index (χ1) is 6.63. The van der Waals surface area contributed by atoms with Crippen LogP contribution in [0.25, 0.3) is 0 Å². The van der Waals surface area contributed by atoms with Crippen molar-refractivity contribution in [2.45, 2.75) is 20.3 Å². The topological polar surface area (TPSA) is 26.3 Å². The zero-order valence-electron chi connectivity index (χ0n) is 8.34. The van der Waals surface area contributed by atoms with Gasteiger partial charge >= 0.3 is 0 Å². The third kappa shape index (κ3) is 3.04. The number of carbonyl (C=O) groups excluding carboxylic acids is 1. The van der Waals surface area contributed by atoms with E-state index in [4.69, 9.17) is 16.3 Å². The van der Waals surface area contributed by atoms with Crippen molar-refractivity contribution in [3.8, 4) is 5.75 Å². The summed E-state index contributed by atoms with van der Waals surface area (Å²) in [5.74, 6) is 0.780. The lowest BCUT2D eigenvalue weighted by Crippen LogP contribution is -1.98. The Bertz CT molecular complexity index is 334. The van der Waals surface area contributed by atoms with E-state index in [1.54, 1.807) is 13.0 Å². The molecule has 0 amide bonds. The number of hydrogen-bond donors (Lipinski definition) is 0. The molecule has 0 heterocycles. The molecule has 0 atom stereocenters. The molecule has 0 spiro atoms. The van der Waals surface area contributed by atoms with Crippen LogP contribution < -0.4 is 4.74 Å². The van der Waals surface area contributed by atoms with Crippen LogP contribution in [0.15, 0.2) is 18.2 Å². The summed E-state index contributed by atoms with van der Waals surface area (Å²) in [7, 11) is 0. The van der Waals surface area contributed by atoms with Gasteiger partial charge in [-0.25, -0.2) is 0 Å². The zero-order chi connectivity index (χ0) is 10.6. The molecule has 2 nitrogen and oxygen atoms in total. The minimum Gasteiger partial charge on any atom is -0.492 e. The Balaban J connectivity index is 2.88. The summed E-state index contributed by atoms with van der Waals surface area (Å²) in [5, 5.41) is 0.583. The highest BCUT2D eigenvalue weighted by atomic mass is 35.5. The fraction of sp³-hybridized carbons (Fsp3) is 0.364. The standard InChI is InChI=1S/C11H13ClO2/c1-3-14-11-7-9(6-8(2)13)4-5-10(11)12/h4-5,7H,3,6H2,1-2H3. The van der Waals surface area contributed by atoms with Crippen LogP contribution in [0.2, 0.25) is 5.02 Å². The highest BCUT2D eigenvalue weighted by Crippen LogP contribution is 2.25. The van der Waals surface area contributed by atoms with Gasteiger partial charge in [0.2, 0.25) is 0 Å². The Labute approximate surface area is 88.8 Å². The monoisotopic (exact) mass is 212 g/mol. The van der Waals surface area contributed by atoms with Crippen LogP contribution in [0.3, 0.4) is 0 Å². The van der Waals surface area contributed by atoms with Gasteiger partial charge in [-0.3, -0.25) is 4.79 Å². The van der Waals surface area contributed by atoms with Gasteiger partial charge < -0.3 is 4.74 Å². The number of hydrogen-bond acceptors (Lipinski definition) is 2. The SMILES string of the molecule is CCOc1cc(CC(C)=O)ccc1Cl. The van der Waals surface area contributed by atoms with Crippen molar-refractivity contribution >= 4 is 17.4 Å². The van der Waals surface area contributed by atoms with Crippen LogP contribution in [-0.2, 0) is 11.2 Å². The van der Waals surface area contributed by atoms with Gasteiger partial charge in [-0.2, -0.15) is 0 Å². The summed E-state index contributed by atoms with van der Waals surface area (Å²) in [6.45, 7) is 4.03. The second-order valence-electron chi connectivity index (χ2n) is 3.08. The molecule has 0 aliphatic carbocycles. The lowest BCUT2D eigenvalue weighted by atomic mass is 10.1. The van der Waals surface area contributed by atoms with E-state index in [-0.39, 0.29) is 5.78 Å².